The van der Waals surface area contributed by atoms with Crippen LogP contribution in [0.3, 0.4) is 0 Å². The molecule has 2 aliphatic rings. The minimum absolute atomic E-state index is 0.0501. The molecular weight excluding hydrogens is 475 g/mol. The normalized spacial score (nSPS) is 27.7. The van der Waals surface area contributed by atoms with E-state index in [9.17, 15) is 13.2 Å². The van der Waals surface area contributed by atoms with Crippen LogP contribution in [0.5, 0.6) is 0 Å². The number of nitrogens with one attached hydrogen (secondary N) is 1. The molecule has 1 aromatic rings. The number of ether oxygens (including phenoxy) is 1. The molecule has 0 aromatic heterocycles. The Bertz CT molecular complexity index is 788. The van der Waals surface area contributed by atoms with E-state index in [0.29, 0.717) is 24.4 Å². The van der Waals surface area contributed by atoms with Crippen molar-refractivity contribution in [2.45, 2.75) is 60.0 Å². The number of nitrogens with two attached hydrogens (primary N) is 1. The summed E-state index contributed by atoms with van der Waals surface area (Å²) in [6, 6.07) is 5.83. The van der Waals surface area contributed by atoms with Crippen molar-refractivity contribution in [1.29, 1.82) is 5.41 Å². The molecule has 1 heterocycles. The van der Waals surface area contributed by atoms with Crippen molar-refractivity contribution in [1.82, 2.24) is 0 Å². The fourth-order valence-corrected chi connectivity index (χ4v) is 9.68. The van der Waals surface area contributed by atoms with Gasteiger partial charge in [0.1, 0.15) is 0 Å². The van der Waals surface area contributed by atoms with Crippen LogP contribution in [0.25, 0.3) is 0 Å². The van der Waals surface area contributed by atoms with Gasteiger partial charge in [-0.3, -0.25) is 0 Å². The molecule has 1 aliphatic carbocycles. The number of allylic oxidation sites excluding steroid dienone is 1. The second-order valence-electron chi connectivity index (χ2n) is 8.54. The van der Waals surface area contributed by atoms with Gasteiger partial charge in [-0.2, -0.15) is 0 Å². The van der Waals surface area contributed by atoms with Crippen LogP contribution in [0, 0.1) is 10.8 Å². The van der Waals surface area contributed by atoms with Gasteiger partial charge in [0.2, 0.25) is 0 Å². The summed E-state index contributed by atoms with van der Waals surface area (Å²) >= 11 is -2.23. The summed E-state index contributed by atoms with van der Waals surface area (Å²) in [6.07, 6.45) is 0.727. The predicted octanol–water partition coefficient (Wildman–Crippen LogP) is 4.64. The molecule has 3 nitrogen and oxygen atoms in total. The molecule has 0 bridgehead atoms. The SMILES string of the molecule is [CH3][Sb]([c]1cccc(C(F)(F)F)c1)[C]1(C)CCOC(/C(N)=C/C(=N)C2(C)CC2)C1. The monoisotopic (exact) mass is 502 g/mol. The summed E-state index contributed by atoms with van der Waals surface area (Å²) in [5, 5.41) is 8.24. The molecule has 1 saturated heterocycles. The van der Waals surface area contributed by atoms with E-state index < -0.39 is 31.9 Å². The Balaban J connectivity index is 1.78. The van der Waals surface area contributed by atoms with E-state index in [1.54, 1.807) is 6.08 Å². The van der Waals surface area contributed by atoms with Gasteiger partial charge in [-0.25, -0.2) is 0 Å². The molecular formula is C21H28F3N2OSb. The van der Waals surface area contributed by atoms with Crippen molar-refractivity contribution in [2.24, 2.45) is 11.1 Å². The van der Waals surface area contributed by atoms with E-state index in [1.807, 2.05) is 6.07 Å². The second kappa shape index (κ2) is 7.68. The summed E-state index contributed by atoms with van der Waals surface area (Å²) in [5.41, 5.74) is 6.78. The van der Waals surface area contributed by atoms with E-state index in [4.69, 9.17) is 15.9 Å². The third kappa shape index (κ3) is 4.59. The molecule has 0 radical (unpaired) electrons. The van der Waals surface area contributed by atoms with Crippen molar-refractivity contribution in [2.75, 3.05) is 6.61 Å². The predicted molar refractivity (Wildman–Crippen MR) is 107 cm³/mol. The maximum atomic E-state index is 13.1. The zero-order valence-corrected chi connectivity index (χ0v) is 19.1. The van der Waals surface area contributed by atoms with Crippen molar-refractivity contribution < 1.29 is 17.9 Å². The second-order valence-corrected chi connectivity index (χ2v) is 16.3. The number of hydrogen-bond donors (Lipinski definition) is 2. The Hall–Kier alpha value is -1.00. The quantitative estimate of drug-likeness (QED) is 0.455. The van der Waals surface area contributed by atoms with Gasteiger partial charge >= 0.3 is 172 Å². The van der Waals surface area contributed by atoms with Crippen LogP contribution in [0.4, 0.5) is 13.2 Å². The van der Waals surface area contributed by atoms with Gasteiger partial charge in [-0.05, 0) is 0 Å². The summed E-state index contributed by atoms with van der Waals surface area (Å²) in [6.45, 7) is 4.79. The standard InChI is InChI=1S/C13H21N2O.C7H4F3.CH3.Sb/c1-9-3-6-16-11(7-9)10(14)8-12(15)13(2)4-5-13;8-7(9,10)6-4-2-1-3-5-6;;/h8,11,15H,3-7,14H2,1-2H3;1-2,4-5H;1H3;/b10-8-,15-12?;;;. The van der Waals surface area contributed by atoms with Gasteiger partial charge < -0.3 is 0 Å². The Morgan fingerprint density at radius 3 is 2.57 bits per heavy atom. The Kier molecular flexibility index (Phi) is 5.95. The minimum atomic E-state index is -4.32. The zero-order valence-electron chi connectivity index (χ0n) is 16.6. The first-order valence-electron chi connectivity index (χ1n) is 9.53. The van der Waals surface area contributed by atoms with Gasteiger partial charge in [-0.1, -0.05) is 0 Å². The average Bonchev–Trinajstić information content (AvgIpc) is 3.39. The summed E-state index contributed by atoms with van der Waals surface area (Å²) in [4.78, 5) is 2.16. The van der Waals surface area contributed by atoms with E-state index in [1.165, 1.54) is 12.1 Å². The average molecular weight is 503 g/mol. The number of halogens is 3. The van der Waals surface area contributed by atoms with Gasteiger partial charge in [0.15, 0.2) is 0 Å². The van der Waals surface area contributed by atoms with Crippen LogP contribution in [0.2, 0.25) is 8.23 Å². The van der Waals surface area contributed by atoms with Crippen LogP contribution in [0.15, 0.2) is 36.0 Å². The molecule has 1 aliphatic heterocycles. The van der Waals surface area contributed by atoms with Gasteiger partial charge in [-0.15, -0.1) is 0 Å². The first kappa shape index (κ1) is 21.7. The molecule has 154 valence electrons. The third-order valence-electron chi connectivity index (χ3n) is 6.29. The van der Waals surface area contributed by atoms with Crippen molar-refractivity contribution in [3.63, 3.8) is 0 Å². The first-order valence-corrected chi connectivity index (χ1v) is 14.6. The van der Waals surface area contributed by atoms with Gasteiger partial charge in [0.25, 0.3) is 0 Å². The fraction of sp³-hybridized carbons (Fsp3) is 0.571. The van der Waals surface area contributed by atoms with Crippen molar-refractivity contribution >= 4 is 29.4 Å². The van der Waals surface area contributed by atoms with Crippen LogP contribution in [-0.2, 0) is 10.9 Å². The van der Waals surface area contributed by atoms with Gasteiger partial charge in [0.05, 0.1) is 0 Å². The number of rotatable bonds is 5. The molecule has 1 saturated carbocycles. The summed E-state index contributed by atoms with van der Waals surface area (Å²) < 4.78 is 46.0. The molecule has 2 atom stereocenters. The molecule has 0 spiro atoms. The van der Waals surface area contributed by atoms with E-state index in [0.717, 1.165) is 28.8 Å². The summed E-state index contributed by atoms with van der Waals surface area (Å²) in [7, 11) is 0. The molecule has 28 heavy (non-hydrogen) atoms. The molecule has 2 fully saturated rings. The van der Waals surface area contributed by atoms with Crippen molar-refractivity contribution in [3.05, 3.63) is 41.6 Å². The third-order valence-corrected chi connectivity index (χ3v) is 15.1. The van der Waals surface area contributed by atoms with Crippen molar-refractivity contribution in [3.8, 4) is 0 Å². The summed E-state index contributed by atoms with van der Waals surface area (Å²) in [5.74, 6) is 0. The fourth-order valence-electron chi connectivity index (χ4n) is 3.59. The number of hydrogen-bond acceptors (Lipinski definition) is 3. The van der Waals surface area contributed by atoms with E-state index in [-0.39, 0.29) is 14.9 Å². The first-order chi connectivity index (χ1) is 12.9. The Morgan fingerprint density at radius 2 is 1.96 bits per heavy atom. The molecule has 7 heteroatoms. The topological polar surface area (TPSA) is 59.1 Å². The zero-order chi connectivity index (χ0) is 20.7. The molecule has 1 aromatic carbocycles. The van der Waals surface area contributed by atoms with Crippen LogP contribution in [-0.4, -0.2) is 38.6 Å². The van der Waals surface area contributed by atoms with Gasteiger partial charge in [0, 0.05) is 0 Å². The number of benzene rings is 1. The maximum absolute atomic E-state index is 13.1. The molecule has 3 N–H and O–H groups in total. The Morgan fingerprint density at radius 1 is 1.29 bits per heavy atom. The molecule has 0 amide bonds. The van der Waals surface area contributed by atoms with E-state index in [2.05, 4.69) is 18.7 Å². The molecule has 2 unspecified atom stereocenters. The molecule has 3 rings (SSSR count). The van der Waals surface area contributed by atoms with Crippen LogP contribution >= 0.6 is 0 Å². The Labute approximate surface area is 172 Å². The van der Waals surface area contributed by atoms with Crippen LogP contribution < -0.4 is 9.24 Å². The van der Waals surface area contributed by atoms with E-state index >= 15 is 0 Å². The van der Waals surface area contributed by atoms with Crippen LogP contribution in [0.1, 0.15) is 45.1 Å². The number of alkyl halides is 3.